The maximum Gasteiger partial charge on any atom is 0.308 e. The molecule has 5 nitrogen and oxygen atoms in total. The Morgan fingerprint density at radius 2 is 1.90 bits per heavy atom. The van der Waals surface area contributed by atoms with Crippen molar-refractivity contribution in [3.8, 4) is 0 Å². The van der Waals surface area contributed by atoms with E-state index >= 15 is 0 Å². The summed E-state index contributed by atoms with van der Waals surface area (Å²) in [7, 11) is 0. The van der Waals surface area contributed by atoms with Gasteiger partial charge in [-0.2, -0.15) is 0 Å². The van der Waals surface area contributed by atoms with E-state index in [1.54, 1.807) is 4.90 Å². The van der Waals surface area contributed by atoms with Gasteiger partial charge in [-0.3, -0.25) is 9.59 Å². The fourth-order valence-electron chi connectivity index (χ4n) is 2.96. The number of anilines is 2. The highest BCUT2D eigenvalue weighted by Crippen LogP contribution is 2.29. The number of amides is 1. The number of carboxylic acids is 1. The van der Waals surface area contributed by atoms with Crippen molar-refractivity contribution in [2.75, 3.05) is 29.4 Å². The van der Waals surface area contributed by atoms with Crippen molar-refractivity contribution in [3.05, 3.63) is 24.3 Å². The third kappa shape index (κ3) is 2.35. The van der Waals surface area contributed by atoms with E-state index in [4.69, 9.17) is 5.11 Å². The van der Waals surface area contributed by atoms with Gasteiger partial charge in [0.15, 0.2) is 0 Å². The molecule has 1 atom stereocenters. The largest absolute Gasteiger partial charge is 0.481 e. The van der Waals surface area contributed by atoms with Crippen molar-refractivity contribution in [2.45, 2.75) is 19.3 Å². The van der Waals surface area contributed by atoms with E-state index in [0.29, 0.717) is 0 Å². The average molecular weight is 274 g/mol. The molecule has 2 saturated heterocycles. The standard InChI is InChI=1S/C15H18N2O3/c18-14-8-11(15(19)20)10-17(14)13-5-3-4-12(9-13)16-6-1-2-7-16/h3-5,9,11H,1-2,6-8,10H2,(H,19,20)/t11-/m0/s1. The van der Waals surface area contributed by atoms with Gasteiger partial charge in [0.1, 0.15) is 0 Å². The molecule has 0 radical (unpaired) electrons. The van der Waals surface area contributed by atoms with Crippen molar-refractivity contribution < 1.29 is 14.7 Å². The summed E-state index contributed by atoms with van der Waals surface area (Å²) in [6, 6.07) is 7.85. The summed E-state index contributed by atoms with van der Waals surface area (Å²) in [5, 5.41) is 9.04. The lowest BCUT2D eigenvalue weighted by Gasteiger charge is -2.21. The van der Waals surface area contributed by atoms with Gasteiger partial charge in [0.05, 0.1) is 5.92 Å². The molecular weight excluding hydrogens is 256 g/mol. The number of hydrogen-bond acceptors (Lipinski definition) is 3. The smallest absolute Gasteiger partial charge is 0.308 e. The lowest BCUT2D eigenvalue weighted by Crippen LogP contribution is -2.26. The van der Waals surface area contributed by atoms with E-state index in [-0.39, 0.29) is 18.9 Å². The molecule has 2 heterocycles. The highest BCUT2D eigenvalue weighted by molar-refractivity contribution is 5.99. The number of carboxylic acid groups (broad SMARTS) is 1. The zero-order valence-electron chi connectivity index (χ0n) is 11.3. The Balaban J connectivity index is 1.81. The molecule has 2 fully saturated rings. The SMILES string of the molecule is O=C(O)[C@H]1CC(=O)N(c2cccc(N3CCCC3)c2)C1. The van der Waals surface area contributed by atoms with E-state index in [1.165, 1.54) is 12.8 Å². The molecule has 1 amide bonds. The third-order valence-corrected chi connectivity index (χ3v) is 4.09. The van der Waals surface area contributed by atoms with Crippen LogP contribution in [0.15, 0.2) is 24.3 Å². The predicted octanol–water partition coefficient (Wildman–Crippen LogP) is 1.72. The Labute approximate surface area is 117 Å². The molecule has 0 unspecified atom stereocenters. The van der Waals surface area contributed by atoms with E-state index in [9.17, 15) is 9.59 Å². The minimum Gasteiger partial charge on any atom is -0.481 e. The van der Waals surface area contributed by atoms with Gasteiger partial charge < -0.3 is 14.9 Å². The molecule has 106 valence electrons. The average Bonchev–Trinajstić information content (AvgIpc) is 3.08. The van der Waals surface area contributed by atoms with Crippen molar-refractivity contribution in [2.24, 2.45) is 5.92 Å². The minimum absolute atomic E-state index is 0.100. The Morgan fingerprint density at radius 3 is 2.55 bits per heavy atom. The molecule has 20 heavy (non-hydrogen) atoms. The van der Waals surface area contributed by atoms with Crippen LogP contribution >= 0.6 is 0 Å². The quantitative estimate of drug-likeness (QED) is 0.911. The Kier molecular flexibility index (Phi) is 3.34. The number of rotatable bonds is 3. The number of benzene rings is 1. The zero-order valence-corrected chi connectivity index (χ0v) is 11.3. The van der Waals surface area contributed by atoms with Gasteiger partial charge in [-0.25, -0.2) is 0 Å². The second-order valence-electron chi connectivity index (χ2n) is 5.46. The number of carbonyl (C=O) groups excluding carboxylic acids is 1. The maximum absolute atomic E-state index is 12.0. The highest BCUT2D eigenvalue weighted by atomic mass is 16.4. The zero-order chi connectivity index (χ0) is 14.1. The van der Waals surface area contributed by atoms with Crippen molar-refractivity contribution in [1.29, 1.82) is 0 Å². The van der Waals surface area contributed by atoms with Crippen LogP contribution in [-0.4, -0.2) is 36.6 Å². The molecule has 0 spiro atoms. The molecule has 0 saturated carbocycles. The van der Waals surface area contributed by atoms with Gasteiger partial charge >= 0.3 is 5.97 Å². The predicted molar refractivity (Wildman–Crippen MR) is 76.0 cm³/mol. The summed E-state index contributed by atoms with van der Waals surface area (Å²) < 4.78 is 0. The van der Waals surface area contributed by atoms with Gasteiger partial charge in [0.25, 0.3) is 0 Å². The van der Waals surface area contributed by atoms with Crippen LogP contribution in [0, 0.1) is 5.92 Å². The summed E-state index contributed by atoms with van der Waals surface area (Å²) in [6.45, 7) is 2.38. The topological polar surface area (TPSA) is 60.9 Å². The van der Waals surface area contributed by atoms with Gasteiger partial charge in [0.2, 0.25) is 5.91 Å². The van der Waals surface area contributed by atoms with Crippen LogP contribution < -0.4 is 9.80 Å². The van der Waals surface area contributed by atoms with Crippen LogP contribution in [0.25, 0.3) is 0 Å². The van der Waals surface area contributed by atoms with Crippen LogP contribution in [0.1, 0.15) is 19.3 Å². The van der Waals surface area contributed by atoms with Gasteiger partial charge in [-0.15, -0.1) is 0 Å². The molecule has 0 aromatic heterocycles. The van der Waals surface area contributed by atoms with Crippen LogP contribution in [0.5, 0.6) is 0 Å². The first-order valence-electron chi connectivity index (χ1n) is 7.03. The highest BCUT2D eigenvalue weighted by Gasteiger charge is 2.35. The molecule has 1 aromatic rings. The first kappa shape index (κ1) is 13.0. The first-order chi connectivity index (χ1) is 9.65. The maximum atomic E-state index is 12.0. The molecule has 0 aliphatic carbocycles. The lowest BCUT2D eigenvalue weighted by molar-refractivity contribution is -0.141. The summed E-state index contributed by atoms with van der Waals surface area (Å²) in [4.78, 5) is 26.9. The lowest BCUT2D eigenvalue weighted by atomic mass is 10.1. The van der Waals surface area contributed by atoms with Crippen LogP contribution in [0.2, 0.25) is 0 Å². The van der Waals surface area contributed by atoms with Gasteiger partial charge in [-0.05, 0) is 31.0 Å². The van der Waals surface area contributed by atoms with Gasteiger partial charge in [0, 0.05) is 37.4 Å². The Hall–Kier alpha value is -2.04. The number of nitrogens with zero attached hydrogens (tertiary/aromatic N) is 2. The first-order valence-corrected chi connectivity index (χ1v) is 7.03. The monoisotopic (exact) mass is 274 g/mol. The number of aliphatic carboxylic acids is 1. The molecule has 1 aromatic carbocycles. The number of carbonyl (C=O) groups is 2. The molecule has 1 N–H and O–H groups in total. The third-order valence-electron chi connectivity index (χ3n) is 4.09. The van der Waals surface area contributed by atoms with Crippen LogP contribution in [0.3, 0.4) is 0 Å². The molecule has 5 heteroatoms. The molecule has 3 rings (SSSR count). The van der Waals surface area contributed by atoms with E-state index in [1.807, 2.05) is 24.3 Å². The molecule has 2 aliphatic heterocycles. The molecule has 0 bridgehead atoms. The Morgan fingerprint density at radius 1 is 1.20 bits per heavy atom. The van der Waals surface area contributed by atoms with Gasteiger partial charge in [-0.1, -0.05) is 6.07 Å². The Bertz CT molecular complexity index is 538. The van der Waals surface area contributed by atoms with Crippen LogP contribution in [0.4, 0.5) is 11.4 Å². The minimum atomic E-state index is -0.892. The van der Waals surface area contributed by atoms with Crippen molar-refractivity contribution >= 4 is 23.3 Å². The summed E-state index contributed by atoms with van der Waals surface area (Å²) in [6.07, 6.45) is 2.51. The van der Waals surface area contributed by atoms with Crippen molar-refractivity contribution in [3.63, 3.8) is 0 Å². The fourth-order valence-corrected chi connectivity index (χ4v) is 2.96. The van der Waals surface area contributed by atoms with Crippen molar-refractivity contribution in [1.82, 2.24) is 0 Å². The normalized spacial score (nSPS) is 22.6. The van der Waals surface area contributed by atoms with Crippen LogP contribution in [-0.2, 0) is 9.59 Å². The molecular formula is C15H18N2O3. The second kappa shape index (κ2) is 5.15. The summed E-state index contributed by atoms with van der Waals surface area (Å²) in [5.74, 6) is -1.58. The van der Waals surface area contributed by atoms with E-state index < -0.39 is 11.9 Å². The second-order valence-corrected chi connectivity index (χ2v) is 5.46. The summed E-state index contributed by atoms with van der Waals surface area (Å²) in [5.41, 5.74) is 1.93. The van der Waals surface area contributed by atoms with E-state index in [0.717, 1.165) is 24.5 Å². The fraction of sp³-hybridized carbons (Fsp3) is 0.467. The number of hydrogen-bond donors (Lipinski definition) is 1. The molecule has 2 aliphatic rings. The summed E-state index contributed by atoms with van der Waals surface area (Å²) >= 11 is 0. The van der Waals surface area contributed by atoms with E-state index in [2.05, 4.69) is 4.90 Å².